The first-order chi connectivity index (χ1) is 12.6. The van der Waals surface area contributed by atoms with Crippen LogP contribution in [-0.4, -0.2) is 38.6 Å². The van der Waals surface area contributed by atoms with E-state index in [2.05, 4.69) is 16.8 Å². The van der Waals surface area contributed by atoms with E-state index in [0.29, 0.717) is 22.6 Å². The van der Waals surface area contributed by atoms with Crippen molar-refractivity contribution in [2.45, 2.75) is 31.2 Å². The minimum Gasteiger partial charge on any atom is -0.504 e. The van der Waals surface area contributed by atoms with Crippen molar-refractivity contribution in [3.05, 3.63) is 52.8 Å². The van der Waals surface area contributed by atoms with E-state index in [9.17, 15) is 5.11 Å². The number of hydrogen-bond acceptors (Lipinski definition) is 6. The third-order valence-electron chi connectivity index (χ3n) is 4.58. The first kappa shape index (κ1) is 17.5. The minimum absolute atomic E-state index is 0.0540. The van der Waals surface area contributed by atoms with Gasteiger partial charge in [0.05, 0.1) is 18.3 Å². The molecule has 0 spiro atoms. The highest BCUT2D eigenvalue weighted by Gasteiger charge is 2.44. The van der Waals surface area contributed by atoms with Crippen LogP contribution in [0.1, 0.15) is 37.2 Å². The van der Waals surface area contributed by atoms with Gasteiger partial charge in [0.2, 0.25) is 0 Å². The maximum absolute atomic E-state index is 10.1. The molecule has 4 rings (SSSR count). The number of thioether (sulfide) groups is 1. The van der Waals surface area contributed by atoms with E-state index in [0.717, 1.165) is 23.0 Å². The molecule has 2 aliphatic rings. The van der Waals surface area contributed by atoms with E-state index in [4.69, 9.17) is 21.3 Å². The van der Waals surface area contributed by atoms with Crippen molar-refractivity contribution >= 4 is 28.5 Å². The number of amidine groups is 1. The molecule has 2 aliphatic heterocycles. The highest BCUT2D eigenvalue weighted by molar-refractivity contribution is 8.14. The largest absolute Gasteiger partial charge is 0.504 e. The highest BCUT2D eigenvalue weighted by atomic mass is 35.5. The van der Waals surface area contributed by atoms with Gasteiger partial charge >= 0.3 is 0 Å². The third kappa shape index (κ3) is 3.01. The minimum atomic E-state index is -0.136. The van der Waals surface area contributed by atoms with Crippen LogP contribution in [0.2, 0.25) is 5.02 Å². The number of nitrogens with zero attached hydrogens (tertiary/aromatic N) is 3. The van der Waals surface area contributed by atoms with E-state index in [1.165, 1.54) is 0 Å². The summed E-state index contributed by atoms with van der Waals surface area (Å²) in [6.45, 7) is 5.46. The number of phenolic OH excluding ortho intramolecular Hbond substituents is 1. The van der Waals surface area contributed by atoms with Gasteiger partial charge in [-0.2, -0.15) is 0 Å². The first-order valence-electron chi connectivity index (χ1n) is 8.65. The summed E-state index contributed by atoms with van der Waals surface area (Å²) in [5.41, 5.74) is 1.81. The molecule has 1 fully saturated rings. The number of aliphatic imine (C=N–C) groups is 1. The molecule has 0 bridgehead atoms. The van der Waals surface area contributed by atoms with E-state index in [1.54, 1.807) is 24.0 Å². The fourth-order valence-corrected chi connectivity index (χ4v) is 4.87. The summed E-state index contributed by atoms with van der Waals surface area (Å²) in [4.78, 5) is 11.8. The molecule has 2 aromatic rings. The quantitative estimate of drug-likeness (QED) is 0.838. The summed E-state index contributed by atoms with van der Waals surface area (Å²) in [5.74, 6) is 0.498. The lowest BCUT2D eigenvalue weighted by Gasteiger charge is -2.28. The van der Waals surface area contributed by atoms with Gasteiger partial charge in [0.1, 0.15) is 6.04 Å². The summed E-state index contributed by atoms with van der Waals surface area (Å²) in [6.07, 6.45) is 1.79. The molecule has 1 aromatic carbocycles. The van der Waals surface area contributed by atoms with Gasteiger partial charge in [-0.3, -0.25) is 9.98 Å². The van der Waals surface area contributed by atoms with Crippen LogP contribution in [0.4, 0.5) is 0 Å². The fourth-order valence-electron chi connectivity index (χ4n) is 3.51. The average molecular weight is 390 g/mol. The normalized spacial score (nSPS) is 24.5. The van der Waals surface area contributed by atoms with Crippen LogP contribution in [-0.2, 0) is 0 Å². The lowest BCUT2D eigenvalue weighted by molar-refractivity contribution is 0.306. The van der Waals surface area contributed by atoms with Crippen molar-refractivity contribution in [2.24, 2.45) is 4.99 Å². The fraction of sp³-hybridized carbons (Fsp3) is 0.368. The molecule has 0 radical (unpaired) electrons. The van der Waals surface area contributed by atoms with E-state index in [-0.39, 0.29) is 17.8 Å². The molecule has 136 valence electrons. The number of halogens is 1. The monoisotopic (exact) mass is 389 g/mol. The van der Waals surface area contributed by atoms with Gasteiger partial charge in [-0.05, 0) is 30.7 Å². The van der Waals surface area contributed by atoms with Gasteiger partial charge in [-0.15, -0.1) is 0 Å². The molecule has 1 N–H and O–H groups in total. The maximum atomic E-state index is 10.1. The van der Waals surface area contributed by atoms with Crippen LogP contribution >= 0.6 is 23.4 Å². The molecule has 3 heterocycles. The van der Waals surface area contributed by atoms with Crippen LogP contribution in [0.25, 0.3) is 0 Å². The predicted octanol–water partition coefficient (Wildman–Crippen LogP) is 4.43. The van der Waals surface area contributed by atoms with Gasteiger partial charge in [0, 0.05) is 29.1 Å². The van der Waals surface area contributed by atoms with E-state index in [1.807, 2.05) is 31.2 Å². The van der Waals surface area contributed by atoms with E-state index < -0.39 is 0 Å². The second kappa shape index (κ2) is 7.00. The Balaban J connectivity index is 1.81. The van der Waals surface area contributed by atoms with Crippen molar-refractivity contribution < 1.29 is 9.84 Å². The molecule has 26 heavy (non-hydrogen) atoms. The third-order valence-corrected chi connectivity index (χ3v) is 6.01. The molecule has 5 nitrogen and oxygen atoms in total. The SMILES string of the molecule is CCOc1cc([C@H]2[C@H](c3ccccn3)N=C3S[C@@H](C)CN32)c(Cl)cc1O. The van der Waals surface area contributed by atoms with Crippen LogP contribution in [0.5, 0.6) is 11.5 Å². The maximum Gasteiger partial charge on any atom is 0.161 e. The summed E-state index contributed by atoms with van der Waals surface area (Å²) >= 11 is 8.32. The number of fused-ring (bicyclic) bond motifs is 1. The van der Waals surface area contributed by atoms with Gasteiger partial charge in [-0.25, -0.2) is 0 Å². The van der Waals surface area contributed by atoms with Crippen molar-refractivity contribution in [1.82, 2.24) is 9.88 Å². The van der Waals surface area contributed by atoms with Gasteiger partial charge in [-0.1, -0.05) is 36.4 Å². The average Bonchev–Trinajstić information content (AvgIpc) is 3.14. The molecule has 0 saturated carbocycles. The van der Waals surface area contributed by atoms with Gasteiger partial charge < -0.3 is 14.7 Å². The number of ether oxygens (including phenoxy) is 1. The van der Waals surface area contributed by atoms with Crippen LogP contribution in [0.15, 0.2) is 41.5 Å². The highest BCUT2D eigenvalue weighted by Crippen LogP contribution is 2.50. The Morgan fingerprint density at radius 2 is 2.23 bits per heavy atom. The van der Waals surface area contributed by atoms with Crippen LogP contribution in [0, 0.1) is 0 Å². The number of hydrogen-bond donors (Lipinski definition) is 1. The zero-order valence-corrected chi connectivity index (χ0v) is 16.2. The Labute approximate surface area is 162 Å². The van der Waals surface area contributed by atoms with Gasteiger partial charge in [0.15, 0.2) is 16.7 Å². The number of rotatable bonds is 4. The molecular weight excluding hydrogens is 370 g/mol. The lowest BCUT2D eigenvalue weighted by Crippen LogP contribution is -2.28. The Bertz CT molecular complexity index is 846. The molecule has 1 saturated heterocycles. The van der Waals surface area contributed by atoms with Crippen LogP contribution in [0.3, 0.4) is 0 Å². The summed E-state index contributed by atoms with van der Waals surface area (Å²) in [7, 11) is 0. The van der Waals surface area contributed by atoms with Crippen molar-refractivity contribution in [1.29, 1.82) is 0 Å². The Hall–Kier alpha value is -1.92. The number of aromatic hydroxyl groups is 1. The molecule has 3 atom stereocenters. The van der Waals surface area contributed by atoms with Crippen molar-refractivity contribution in [3.63, 3.8) is 0 Å². The van der Waals surface area contributed by atoms with Gasteiger partial charge in [0.25, 0.3) is 0 Å². The zero-order valence-electron chi connectivity index (χ0n) is 14.6. The second-order valence-corrected chi connectivity index (χ2v) is 8.22. The molecule has 0 amide bonds. The molecule has 1 aromatic heterocycles. The number of aromatic nitrogens is 1. The molecular formula is C19H20ClN3O2S. The standard InChI is InChI=1S/C19H20ClN3O2S/c1-3-25-16-8-12(13(20)9-15(16)24)18-17(14-6-4-5-7-21-14)22-19-23(18)10-11(2)26-19/h4-9,11,17-18,24H,3,10H2,1-2H3/t11-,17-,18-/m0/s1. The summed E-state index contributed by atoms with van der Waals surface area (Å²) in [5, 5.41) is 12.1. The van der Waals surface area contributed by atoms with E-state index >= 15 is 0 Å². The molecule has 0 unspecified atom stereocenters. The molecule has 0 aliphatic carbocycles. The summed E-state index contributed by atoms with van der Waals surface area (Å²) in [6, 6.07) is 9.07. The summed E-state index contributed by atoms with van der Waals surface area (Å²) < 4.78 is 5.58. The van der Waals surface area contributed by atoms with Crippen molar-refractivity contribution in [3.8, 4) is 11.5 Å². The first-order valence-corrected chi connectivity index (χ1v) is 9.91. The Morgan fingerprint density at radius 3 is 2.96 bits per heavy atom. The number of benzene rings is 1. The Kier molecular flexibility index (Phi) is 4.71. The van der Waals surface area contributed by atoms with Crippen molar-refractivity contribution in [2.75, 3.05) is 13.2 Å². The topological polar surface area (TPSA) is 58.0 Å². The Morgan fingerprint density at radius 1 is 1.38 bits per heavy atom. The predicted molar refractivity (Wildman–Crippen MR) is 105 cm³/mol. The zero-order chi connectivity index (χ0) is 18.3. The second-order valence-electron chi connectivity index (χ2n) is 6.41. The lowest BCUT2D eigenvalue weighted by atomic mass is 9.96. The number of pyridine rings is 1. The number of phenols is 1. The molecule has 7 heteroatoms. The van der Waals surface area contributed by atoms with Crippen LogP contribution < -0.4 is 4.74 Å². The smallest absolute Gasteiger partial charge is 0.161 e.